The first-order valence-corrected chi connectivity index (χ1v) is 5.18. The molecule has 2 aromatic rings. The Hall–Kier alpha value is -1.13. The summed E-state index contributed by atoms with van der Waals surface area (Å²) in [5, 5.41) is 1.38. The number of carbonyl (C=O) groups is 1. The van der Waals surface area contributed by atoms with E-state index in [1.54, 1.807) is 12.1 Å². The van der Waals surface area contributed by atoms with Crippen LogP contribution in [0, 0.1) is 0 Å². The largest absolute Gasteiger partial charge is 0.369 e. The molecule has 0 saturated carbocycles. The van der Waals surface area contributed by atoms with Gasteiger partial charge in [0.25, 0.3) is 0 Å². The summed E-state index contributed by atoms with van der Waals surface area (Å²) in [6.45, 7) is 0. The summed E-state index contributed by atoms with van der Waals surface area (Å²) in [5.74, 6) is -0.366. The molecule has 0 spiro atoms. The number of thiazole rings is 1. The molecule has 2 N–H and O–H groups in total. The van der Waals surface area contributed by atoms with Crippen LogP contribution in [0.25, 0.3) is 10.2 Å². The molecule has 0 bridgehead atoms. The average Bonchev–Trinajstić information content (AvgIpc) is 2.44. The summed E-state index contributed by atoms with van der Waals surface area (Å²) in [5.41, 5.74) is 5.90. The molecule has 0 atom stereocenters. The number of hydrogen-bond acceptors (Lipinski definition) is 3. The molecule has 1 heterocycles. The van der Waals surface area contributed by atoms with Gasteiger partial charge < -0.3 is 5.73 Å². The summed E-state index contributed by atoms with van der Waals surface area (Å²) in [6.07, 6.45) is 0.191. The molecule has 0 fully saturated rings. The fourth-order valence-electron chi connectivity index (χ4n) is 1.17. The number of rotatable bonds is 2. The third-order valence-corrected chi connectivity index (χ3v) is 2.99. The highest BCUT2D eigenvalue weighted by atomic mass is 35.5. The molecule has 0 radical (unpaired) electrons. The van der Waals surface area contributed by atoms with E-state index in [0.29, 0.717) is 5.02 Å². The topological polar surface area (TPSA) is 56.0 Å². The van der Waals surface area contributed by atoms with Crippen molar-refractivity contribution in [3.8, 4) is 0 Å². The number of hydrogen-bond donors (Lipinski definition) is 1. The van der Waals surface area contributed by atoms with Crippen molar-refractivity contribution in [1.29, 1.82) is 0 Å². The van der Waals surface area contributed by atoms with Gasteiger partial charge in [-0.2, -0.15) is 0 Å². The van der Waals surface area contributed by atoms with E-state index in [1.807, 2.05) is 6.07 Å². The van der Waals surface area contributed by atoms with Gasteiger partial charge in [-0.05, 0) is 18.2 Å². The second-order valence-corrected chi connectivity index (χ2v) is 4.41. The van der Waals surface area contributed by atoms with Crippen LogP contribution in [0.1, 0.15) is 5.01 Å². The number of aromatic nitrogens is 1. The minimum Gasteiger partial charge on any atom is -0.369 e. The van der Waals surface area contributed by atoms with Crippen molar-refractivity contribution < 1.29 is 4.79 Å². The minimum atomic E-state index is -0.366. The number of halogens is 1. The van der Waals surface area contributed by atoms with E-state index < -0.39 is 0 Å². The molecular weight excluding hydrogens is 220 g/mol. The lowest BCUT2D eigenvalue weighted by molar-refractivity contribution is -0.117. The Balaban J connectivity index is 2.46. The van der Waals surface area contributed by atoms with Gasteiger partial charge in [0, 0.05) is 5.02 Å². The molecule has 5 heteroatoms. The highest BCUT2D eigenvalue weighted by molar-refractivity contribution is 7.18. The predicted octanol–water partition coefficient (Wildman–Crippen LogP) is 1.98. The maximum Gasteiger partial charge on any atom is 0.224 e. The van der Waals surface area contributed by atoms with E-state index >= 15 is 0 Å². The maximum atomic E-state index is 10.7. The van der Waals surface area contributed by atoms with Crippen molar-refractivity contribution in [3.05, 3.63) is 28.2 Å². The Bertz CT molecular complexity index is 495. The standard InChI is InChI=1S/C9H7ClN2OS/c10-5-1-2-7-6(3-5)12-9(14-7)4-8(11)13/h1-3H,4H2,(H2,11,13). The molecule has 1 amide bonds. The lowest BCUT2D eigenvalue weighted by Crippen LogP contribution is -2.13. The molecule has 72 valence electrons. The number of primary amides is 1. The lowest BCUT2D eigenvalue weighted by atomic mass is 10.3. The zero-order valence-electron chi connectivity index (χ0n) is 7.16. The lowest BCUT2D eigenvalue weighted by Gasteiger charge is -1.87. The number of nitrogens with two attached hydrogens (primary N) is 1. The monoisotopic (exact) mass is 226 g/mol. The second kappa shape index (κ2) is 3.55. The number of nitrogens with zero attached hydrogens (tertiary/aromatic N) is 1. The molecular formula is C9H7ClN2OS. The summed E-state index contributed by atoms with van der Waals surface area (Å²) >= 11 is 7.27. The molecule has 0 unspecified atom stereocenters. The second-order valence-electron chi connectivity index (χ2n) is 2.86. The van der Waals surface area contributed by atoms with Gasteiger partial charge in [0.2, 0.25) is 5.91 Å². The van der Waals surface area contributed by atoms with Crippen LogP contribution in [0.2, 0.25) is 5.02 Å². The van der Waals surface area contributed by atoms with Crippen molar-refractivity contribution in [2.45, 2.75) is 6.42 Å². The third kappa shape index (κ3) is 1.86. The van der Waals surface area contributed by atoms with Crippen LogP contribution >= 0.6 is 22.9 Å². The zero-order chi connectivity index (χ0) is 10.1. The Kier molecular flexibility index (Phi) is 2.39. The van der Waals surface area contributed by atoms with Gasteiger partial charge in [-0.25, -0.2) is 4.98 Å². The summed E-state index contributed by atoms with van der Waals surface area (Å²) in [7, 11) is 0. The highest BCUT2D eigenvalue weighted by Gasteiger charge is 2.06. The van der Waals surface area contributed by atoms with E-state index in [-0.39, 0.29) is 12.3 Å². The molecule has 2 rings (SSSR count). The molecule has 0 aliphatic heterocycles. The van der Waals surface area contributed by atoms with E-state index in [2.05, 4.69) is 4.98 Å². The molecule has 14 heavy (non-hydrogen) atoms. The van der Waals surface area contributed by atoms with Gasteiger partial charge in [-0.3, -0.25) is 4.79 Å². The van der Waals surface area contributed by atoms with Crippen molar-refractivity contribution in [2.75, 3.05) is 0 Å². The van der Waals surface area contributed by atoms with E-state index in [1.165, 1.54) is 11.3 Å². The van der Waals surface area contributed by atoms with E-state index in [0.717, 1.165) is 15.2 Å². The van der Waals surface area contributed by atoms with Gasteiger partial charge in [0.15, 0.2) is 0 Å². The molecule has 1 aromatic carbocycles. The summed E-state index contributed by atoms with van der Waals surface area (Å²) < 4.78 is 1.02. The Morgan fingerprint density at radius 1 is 1.57 bits per heavy atom. The van der Waals surface area contributed by atoms with Crippen molar-refractivity contribution in [1.82, 2.24) is 4.98 Å². The van der Waals surface area contributed by atoms with Crippen molar-refractivity contribution in [2.24, 2.45) is 5.73 Å². The van der Waals surface area contributed by atoms with Gasteiger partial charge in [0.05, 0.1) is 16.6 Å². The Morgan fingerprint density at radius 2 is 2.36 bits per heavy atom. The Labute approximate surface area is 89.5 Å². The Morgan fingerprint density at radius 3 is 3.07 bits per heavy atom. The fraction of sp³-hybridized carbons (Fsp3) is 0.111. The van der Waals surface area contributed by atoms with Crippen LogP contribution in [-0.2, 0) is 11.2 Å². The van der Waals surface area contributed by atoms with Crippen molar-refractivity contribution in [3.63, 3.8) is 0 Å². The molecule has 3 nitrogen and oxygen atoms in total. The minimum absolute atomic E-state index is 0.191. The predicted molar refractivity (Wildman–Crippen MR) is 57.5 cm³/mol. The van der Waals surface area contributed by atoms with Crippen LogP contribution in [0.15, 0.2) is 18.2 Å². The molecule has 0 aliphatic rings. The van der Waals surface area contributed by atoms with Crippen LogP contribution in [0.3, 0.4) is 0 Å². The summed E-state index contributed by atoms with van der Waals surface area (Å²) in [4.78, 5) is 14.9. The number of carbonyl (C=O) groups excluding carboxylic acids is 1. The zero-order valence-corrected chi connectivity index (χ0v) is 8.73. The number of benzene rings is 1. The van der Waals surface area contributed by atoms with Gasteiger partial charge in [0.1, 0.15) is 5.01 Å². The van der Waals surface area contributed by atoms with Crippen molar-refractivity contribution >= 4 is 39.1 Å². The van der Waals surface area contributed by atoms with Crippen LogP contribution < -0.4 is 5.73 Å². The fourth-order valence-corrected chi connectivity index (χ4v) is 2.30. The normalized spacial score (nSPS) is 10.6. The first kappa shape index (κ1) is 9.43. The molecule has 0 saturated heterocycles. The van der Waals surface area contributed by atoms with Gasteiger partial charge >= 0.3 is 0 Å². The van der Waals surface area contributed by atoms with Crippen LogP contribution in [-0.4, -0.2) is 10.9 Å². The molecule has 1 aromatic heterocycles. The first-order chi connectivity index (χ1) is 6.65. The number of fused-ring (bicyclic) bond motifs is 1. The SMILES string of the molecule is NC(=O)Cc1nc2cc(Cl)ccc2s1. The average molecular weight is 227 g/mol. The third-order valence-electron chi connectivity index (χ3n) is 1.72. The highest BCUT2D eigenvalue weighted by Crippen LogP contribution is 2.24. The van der Waals surface area contributed by atoms with Gasteiger partial charge in [-0.15, -0.1) is 11.3 Å². The first-order valence-electron chi connectivity index (χ1n) is 3.98. The van der Waals surface area contributed by atoms with E-state index in [9.17, 15) is 4.79 Å². The number of amides is 1. The van der Waals surface area contributed by atoms with Crippen LogP contribution in [0.5, 0.6) is 0 Å². The summed E-state index contributed by atoms with van der Waals surface area (Å²) in [6, 6.07) is 5.47. The maximum absolute atomic E-state index is 10.7. The smallest absolute Gasteiger partial charge is 0.224 e. The van der Waals surface area contributed by atoms with Gasteiger partial charge in [-0.1, -0.05) is 11.6 Å². The quantitative estimate of drug-likeness (QED) is 0.851. The molecule has 0 aliphatic carbocycles. The van der Waals surface area contributed by atoms with E-state index in [4.69, 9.17) is 17.3 Å². The van der Waals surface area contributed by atoms with Crippen LogP contribution in [0.4, 0.5) is 0 Å².